The molecule has 0 atom stereocenters. The second kappa shape index (κ2) is 9.42. The zero-order valence-electron chi connectivity index (χ0n) is 14.5. The van der Waals surface area contributed by atoms with E-state index in [1.54, 1.807) is 13.1 Å². The number of aliphatic imine (C=N–C) groups is 1. The van der Waals surface area contributed by atoms with Gasteiger partial charge in [-0.05, 0) is 23.3 Å². The molecule has 5 nitrogen and oxygen atoms in total. The van der Waals surface area contributed by atoms with Crippen LogP contribution >= 0.6 is 0 Å². The first kappa shape index (κ1) is 18.4. The lowest BCUT2D eigenvalue weighted by Gasteiger charge is -2.22. The van der Waals surface area contributed by atoms with Crippen molar-refractivity contribution in [2.45, 2.75) is 13.1 Å². The molecular formula is C19H23FN4O. The second-order valence-corrected chi connectivity index (χ2v) is 5.65. The first-order valence-electron chi connectivity index (χ1n) is 8.05. The molecule has 1 amide bonds. The summed E-state index contributed by atoms with van der Waals surface area (Å²) in [5.74, 6) is 0.178. The quantitative estimate of drug-likeness (QED) is 0.625. The Morgan fingerprint density at radius 1 is 1.08 bits per heavy atom. The summed E-state index contributed by atoms with van der Waals surface area (Å²) in [5, 5.41) is 5.86. The number of halogens is 1. The van der Waals surface area contributed by atoms with E-state index in [0.717, 1.165) is 11.1 Å². The Bertz CT molecular complexity index is 718. The van der Waals surface area contributed by atoms with Gasteiger partial charge in [0.25, 0.3) is 0 Å². The van der Waals surface area contributed by atoms with Gasteiger partial charge >= 0.3 is 0 Å². The molecule has 0 radical (unpaired) electrons. The lowest BCUT2D eigenvalue weighted by molar-refractivity contribution is -0.120. The van der Waals surface area contributed by atoms with Crippen LogP contribution in [0.25, 0.3) is 0 Å². The van der Waals surface area contributed by atoms with Gasteiger partial charge in [-0.2, -0.15) is 0 Å². The number of guanidine groups is 1. The van der Waals surface area contributed by atoms with Gasteiger partial charge in [-0.3, -0.25) is 9.79 Å². The van der Waals surface area contributed by atoms with Crippen LogP contribution in [0.1, 0.15) is 11.1 Å². The number of nitrogens with zero attached hydrogens (tertiary/aromatic N) is 2. The molecule has 0 aliphatic carbocycles. The van der Waals surface area contributed by atoms with E-state index in [-0.39, 0.29) is 18.3 Å². The van der Waals surface area contributed by atoms with Gasteiger partial charge < -0.3 is 15.5 Å². The normalized spacial score (nSPS) is 11.1. The lowest BCUT2D eigenvalue weighted by Crippen LogP contribution is -2.43. The van der Waals surface area contributed by atoms with Crippen LogP contribution < -0.4 is 10.6 Å². The largest absolute Gasteiger partial charge is 0.350 e. The van der Waals surface area contributed by atoms with Gasteiger partial charge in [0.15, 0.2) is 5.96 Å². The van der Waals surface area contributed by atoms with Gasteiger partial charge in [0.1, 0.15) is 5.82 Å². The maximum atomic E-state index is 13.3. The molecule has 0 spiro atoms. The molecule has 0 heterocycles. The Morgan fingerprint density at radius 2 is 1.80 bits per heavy atom. The molecular weight excluding hydrogens is 319 g/mol. The molecule has 0 aliphatic rings. The summed E-state index contributed by atoms with van der Waals surface area (Å²) in [6, 6.07) is 16.1. The van der Waals surface area contributed by atoms with Gasteiger partial charge in [-0.1, -0.05) is 42.5 Å². The third-order valence-corrected chi connectivity index (χ3v) is 3.62. The topological polar surface area (TPSA) is 56.7 Å². The van der Waals surface area contributed by atoms with Crippen LogP contribution in [0.2, 0.25) is 0 Å². The van der Waals surface area contributed by atoms with Crippen molar-refractivity contribution in [2.75, 3.05) is 20.6 Å². The lowest BCUT2D eigenvalue weighted by atomic mass is 10.2. The third-order valence-electron chi connectivity index (χ3n) is 3.62. The van der Waals surface area contributed by atoms with E-state index in [0.29, 0.717) is 19.0 Å². The number of nitrogens with one attached hydrogen (secondary N) is 2. The maximum absolute atomic E-state index is 13.3. The summed E-state index contributed by atoms with van der Waals surface area (Å²) in [4.78, 5) is 18.0. The average Bonchev–Trinajstić information content (AvgIpc) is 2.61. The molecule has 2 rings (SSSR count). The van der Waals surface area contributed by atoms with E-state index in [2.05, 4.69) is 15.6 Å². The molecule has 0 saturated carbocycles. The van der Waals surface area contributed by atoms with Crippen molar-refractivity contribution in [3.05, 3.63) is 71.5 Å². The van der Waals surface area contributed by atoms with Crippen LogP contribution in [0.15, 0.2) is 59.6 Å². The minimum Gasteiger partial charge on any atom is -0.350 e. The van der Waals surface area contributed by atoms with Crippen LogP contribution in [0.3, 0.4) is 0 Å². The van der Waals surface area contributed by atoms with Crippen LogP contribution in [-0.4, -0.2) is 37.4 Å². The van der Waals surface area contributed by atoms with Crippen molar-refractivity contribution in [3.8, 4) is 0 Å². The van der Waals surface area contributed by atoms with E-state index >= 15 is 0 Å². The predicted molar refractivity (Wildman–Crippen MR) is 97.5 cm³/mol. The molecule has 0 unspecified atom stereocenters. The highest BCUT2D eigenvalue weighted by Gasteiger charge is 2.09. The molecule has 2 aromatic carbocycles. The fraction of sp³-hybridized carbons (Fsp3) is 0.263. The van der Waals surface area contributed by atoms with Crippen molar-refractivity contribution < 1.29 is 9.18 Å². The first-order chi connectivity index (χ1) is 12.1. The zero-order chi connectivity index (χ0) is 18.1. The van der Waals surface area contributed by atoms with Crippen LogP contribution in [0, 0.1) is 5.82 Å². The molecule has 132 valence electrons. The Labute approximate surface area is 147 Å². The van der Waals surface area contributed by atoms with Crippen molar-refractivity contribution in [2.24, 2.45) is 4.99 Å². The van der Waals surface area contributed by atoms with Crippen LogP contribution in [0.5, 0.6) is 0 Å². The first-order valence-corrected chi connectivity index (χ1v) is 8.05. The van der Waals surface area contributed by atoms with Crippen molar-refractivity contribution in [1.29, 1.82) is 0 Å². The standard InChI is InChI=1S/C19H23FN4O/c1-21-19(24(2)14-16-9-6-10-17(20)11-16)23-13-18(25)22-12-15-7-4-3-5-8-15/h3-11H,12-14H2,1-2H3,(H,21,23)(H,22,25). The summed E-state index contributed by atoms with van der Waals surface area (Å²) >= 11 is 0. The summed E-state index contributed by atoms with van der Waals surface area (Å²) in [6.07, 6.45) is 0. The highest BCUT2D eigenvalue weighted by atomic mass is 19.1. The van der Waals surface area contributed by atoms with Crippen molar-refractivity contribution >= 4 is 11.9 Å². The second-order valence-electron chi connectivity index (χ2n) is 5.65. The molecule has 25 heavy (non-hydrogen) atoms. The summed E-state index contributed by atoms with van der Waals surface area (Å²) in [7, 11) is 3.48. The Kier molecular flexibility index (Phi) is 6.95. The van der Waals surface area contributed by atoms with Crippen molar-refractivity contribution in [3.63, 3.8) is 0 Å². The van der Waals surface area contributed by atoms with Gasteiger partial charge in [0, 0.05) is 27.2 Å². The molecule has 0 saturated heterocycles. The molecule has 0 fully saturated rings. The number of amides is 1. The van der Waals surface area contributed by atoms with E-state index in [1.165, 1.54) is 12.1 Å². The number of rotatable bonds is 6. The molecule has 0 bridgehead atoms. The monoisotopic (exact) mass is 342 g/mol. The van der Waals surface area contributed by atoms with Gasteiger partial charge in [0.05, 0.1) is 6.54 Å². The third kappa shape index (κ3) is 6.25. The fourth-order valence-electron chi connectivity index (χ4n) is 2.39. The average molecular weight is 342 g/mol. The SMILES string of the molecule is CN=C(NCC(=O)NCc1ccccc1)N(C)Cc1cccc(F)c1. The smallest absolute Gasteiger partial charge is 0.239 e. The minimum atomic E-state index is -0.269. The number of carbonyl (C=O) groups is 1. The fourth-order valence-corrected chi connectivity index (χ4v) is 2.39. The molecule has 2 N–H and O–H groups in total. The number of hydrogen-bond donors (Lipinski definition) is 2. The van der Waals surface area contributed by atoms with Gasteiger partial charge in [-0.15, -0.1) is 0 Å². The molecule has 0 aliphatic heterocycles. The summed E-state index contributed by atoms with van der Waals surface area (Å²) in [5.41, 5.74) is 1.88. The number of carbonyl (C=O) groups excluding carboxylic acids is 1. The van der Waals surface area contributed by atoms with Crippen molar-refractivity contribution in [1.82, 2.24) is 15.5 Å². The molecule has 0 aromatic heterocycles. The summed E-state index contributed by atoms with van der Waals surface area (Å²) < 4.78 is 13.3. The van der Waals surface area contributed by atoms with Gasteiger partial charge in [-0.25, -0.2) is 4.39 Å². The Hall–Kier alpha value is -2.89. The van der Waals surface area contributed by atoms with E-state index < -0.39 is 0 Å². The maximum Gasteiger partial charge on any atom is 0.239 e. The molecule has 6 heteroatoms. The van der Waals surface area contributed by atoms with E-state index in [4.69, 9.17) is 0 Å². The highest BCUT2D eigenvalue weighted by Crippen LogP contribution is 2.06. The predicted octanol–water partition coefficient (Wildman–Crippen LogP) is 2.15. The molecule has 2 aromatic rings. The van der Waals surface area contributed by atoms with E-state index in [1.807, 2.05) is 48.3 Å². The van der Waals surface area contributed by atoms with Gasteiger partial charge in [0.2, 0.25) is 5.91 Å². The van der Waals surface area contributed by atoms with Crippen LogP contribution in [0.4, 0.5) is 4.39 Å². The zero-order valence-corrected chi connectivity index (χ0v) is 14.5. The highest BCUT2D eigenvalue weighted by molar-refractivity contribution is 5.86. The Balaban J connectivity index is 1.79. The summed E-state index contributed by atoms with van der Waals surface area (Å²) in [6.45, 7) is 1.09. The Morgan fingerprint density at radius 3 is 2.48 bits per heavy atom. The minimum absolute atomic E-state index is 0.118. The van der Waals surface area contributed by atoms with Crippen LogP contribution in [-0.2, 0) is 17.9 Å². The number of benzene rings is 2. The van der Waals surface area contributed by atoms with E-state index in [9.17, 15) is 9.18 Å². The number of hydrogen-bond acceptors (Lipinski definition) is 2.